The van der Waals surface area contributed by atoms with E-state index >= 15 is 0 Å². The van der Waals surface area contributed by atoms with Crippen LogP contribution in [0.3, 0.4) is 0 Å². The molecule has 0 saturated heterocycles. The number of aliphatic carboxylic acids is 1. The van der Waals surface area contributed by atoms with Crippen LogP contribution in [0.5, 0.6) is 0 Å². The Bertz CT molecular complexity index is 592. The first-order valence-corrected chi connectivity index (χ1v) is 6.44. The number of rotatable bonds is 4. The number of hydrogen-bond acceptors (Lipinski definition) is 5. The molecule has 0 atom stereocenters. The molecule has 0 amide bonds. The van der Waals surface area contributed by atoms with Gasteiger partial charge in [-0.15, -0.1) is 5.10 Å². The molecule has 2 rings (SSSR count). The summed E-state index contributed by atoms with van der Waals surface area (Å²) < 4.78 is 15.5. The van der Waals surface area contributed by atoms with Gasteiger partial charge in [0.1, 0.15) is 11.5 Å². The fourth-order valence-corrected chi connectivity index (χ4v) is 2.14. The summed E-state index contributed by atoms with van der Waals surface area (Å²) in [5, 5.41) is 19.5. The highest BCUT2D eigenvalue weighted by atomic mass is 79.9. The molecule has 0 aliphatic rings. The Labute approximate surface area is 113 Å². The summed E-state index contributed by atoms with van der Waals surface area (Å²) in [4.78, 5) is 10.5. The van der Waals surface area contributed by atoms with Crippen molar-refractivity contribution < 1.29 is 14.3 Å². The molecule has 9 heteroatoms. The second-order valence-corrected chi connectivity index (χ2v) is 5.01. The molecule has 0 aliphatic carbocycles. The molecule has 0 radical (unpaired) electrons. The van der Waals surface area contributed by atoms with Gasteiger partial charge in [-0.3, -0.25) is 4.79 Å². The molecule has 0 fully saturated rings. The Hall–Kier alpha value is -1.48. The van der Waals surface area contributed by atoms with E-state index in [1.807, 2.05) is 0 Å². The summed E-state index contributed by atoms with van der Waals surface area (Å²) in [6.45, 7) is 0. The highest BCUT2D eigenvalue weighted by Gasteiger charge is 2.14. The minimum absolute atomic E-state index is 0.163. The summed E-state index contributed by atoms with van der Waals surface area (Å²) in [6.07, 6.45) is 0. The Kier molecular flexibility index (Phi) is 3.92. The van der Waals surface area contributed by atoms with Crippen molar-refractivity contribution in [2.75, 3.05) is 5.75 Å². The predicted molar refractivity (Wildman–Crippen MR) is 65.2 cm³/mol. The van der Waals surface area contributed by atoms with Crippen LogP contribution in [0.25, 0.3) is 5.69 Å². The van der Waals surface area contributed by atoms with Gasteiger partial charge in [-0.2, -0.15) is 4.68 Å². The van der Waals surface area contributed by atoms with Gasteiger partial charge in [-0.1, -0.05) is 27.7 Å². The summed E-state index contributed by atoms with van der Waals surface area (Å²) in [5.41, 5.74) is 0.163. The van der Waals surface area contributed by atoms with Gasteiger partial charge in [-0.05, 0) is 28.6 Å². The molecule has 94 valence electrons. The van der Waals surface area contributed by atoms with Crippen molar-refractivity contribution in [3.05, 3.63) is 28.5 Å². The van der Waals surface area contributed by atoms with E-state index in [1.165, 1.54) is 12.1 Å². The minimum Gasteiger partial charge on any atom is -0.481 e. The monoisotopic (exact) mass is 332 g/mol. The smallest absolute Gasteiger partial charge is 0.313 e. The van der Waals surface area contributed by atoms with Gasteiger partial charge in [0.15, 0.2) is 0 Å². The fourth-order valence-electron chi connectivity index (χ4n) is 1.20. The van der Waals surface area contributed by atoms with E-state index in [0.29, 0.717) is 4.47 Å². The second-order valence-electron chi connectivity index (χ2n) is 3.15. The third kappa shape index (κ3) is 2.85. The quantitative estimate of drug-likeness (QED) is 0.859. The van der Waals surface area contributed by atoms with Gasteiger partial charge in [0, 0.05) is 4.47 Å². The molecule has 2 aromatic rings. The van der Waals surface area contributed by atoms with Gasteiger partial charge >= 0.3 is 5.97 Å². The topological polar surface area (TPSA) is 80.9 Å². The standard InChI is InChI=1S/C9H6BrFN4O2S/c10-5-1-2-7(6(11)3-5)15-9(12-13-14-15)18-4-8(16)17/h1-3H,4H2,(H,16,17). The third-order valence-electron chi connectivity index (χ3n) is 1.90. The molecule has 0 bridgehead atoms. The van der Waals surface area contributed by atoms with Gasteiger partial charge < -0.3 is 5.11 Å². The fraction of sp³-hybridized carbons (Fsp3) is 0.111. The zero-order valence-corrected chi connectivity index (χ0v) is 11.2. The van der Waals surface area contributed by atoms with Gasteiger partial charge in [0.2, 0.25) is 5.16 Å². The number of halogens is 2. The Morgan fingerprint density at radius 3 is 3.00 bits per heavy atom. The van der Waals surface area contributed by atoms with Crippen molar-refractivity contribution in [1.29, 1.82) is 0 Å². The van der Waals surface area contributed by atoms with Crippen LogP contribution in [-0.2, 0) is 4.79 Å². The van der Waals surface area contributed by atoms with E-state index in [0.717, 1.165) is 16.4 Å². The number of carboxylic acid groups (broad SMARTS) is 1. The first-order chi connectivity index (χ1) is 8.58. The number of nitrogens with zero attached hydrogens (tertiary/aromatic N) is 4. The molecule has 18 heavy (non-hydrogen) atoms. The lowest BCUT2D eigenvalue weighted by molar-refractivity contribution is -0.133. The predicted octanol–water partition coefficient (Wildman–Crippen LogP) is 1.74. The molecule has 0 spiro atoms. The Balaban J connectivity index is 2.33. The van der Waals surface area contributed by atoms with Gasteiger partial charge in [0.05, 0.1) is 5.75 Å². The highest BCUT2D eigenvalue weighted by Crippen LogP contribution is 2.22. The second kappa shape index (κ2) is 5.44. The van der Waals surface area contributed by atoms with Crippen molar-refractivity contribution in [3.63, 3.8) is 0 Å². The molecular weight excluding hydrogens is 327 g/mol. The molecule has 0 aliphatic heterocycles. The summed E-state index contributed by atoms with van der Waals surface area (Å²) >= 11 is 4.06. The largest absolute Gasteiger partial charge is 0.481 e. The number of benzene rings is 1. The average molecular weight is 333 g/mol. The van der Waals surface area contributed by atoms with Crippen LogP contribution in [0.1, 0.15) is 0 Å². The molecule has 1 aromatic carbocycles. The average Bonchev–Trinajstić information content (AvgIpc) is 2.74. The summed E-state index contributed by atoms with van der Waals surface area (Å²) in [7, 11) is 0. The molecule has 6 nitrogen and oxygen atoms in total. The van der Waals surface area contributed by atoms with Crippen molar-refractivity contribution in [3.8, 4) is 5.69 Å². The maximum Gasteiger partial charge on any atom is 0.313 e. The highest BCUT2D eigenvalue weighted by molar-refractivity contribution is 9.10. The van der Waals surface area contributed by atoms with Crippen molar-refractivity contribution >= 4 is 33.7 Å². The van der Waals surface area contributed by atoms with Crippen molar-refractivity contribution in [2.24, 2.45) is 0 Å². The van der Waals surface area contributed by atoms with Crippen LogP contribution in [-0.4, -0.2) is 37.0 Å². The zero-order valence-electron chi connectivity index (χ0n) is 8.75. The number of carbonyl (C=O) groups is 1. The van der Waals surface area contributed by atoms with Crippen molar-refractivity contribution in [2.45, 2.75) is 5.16 Å². The van der Waals surface area contributed by atoms with Crippen LogP contribution in [0.15, 0.2) is 27.8 Å². The third-order valence-corrected chi connectivity index (χ3v) is 3.30. The zero-order chi connectivity index (χ0) is 13.1. The number of hydrogen-bond donors (Lipinski definition) is 1. The molecule has 1 N–H and O–H groups in total. The van der Waals surface area contributed by atoms with E-state index < -0.39 is 11.8 Å². The maximum absolute atomic E-state index is 13.7. The van der Waals surface area contributed by atoms with Crippen LogP contribution in [0, 0.1) is 5.82 Å². The first kappa shape index (κ1) is 13.0. The first-order valence-electron chi connectivity index (χ1n) is 4.66. The normalized spacial score (nSPS) is 10.6. The van der Waals surface area contributed by atoms with E-state index in [-0.39, 0.29) is 16.6 Å². The van der Waals surface area contributed by atoms with Gasteiger partial charge in [-0.25, -0.2) is 4.39 Å². The Morgan fingerprint density at radius 1 is 1.56 bits per heavy atom. The lowest BCUT2D eigenvalue weighted by atomic mass is 10.3. The minimum atomic E-state index is -0.995. The number of carboxylic acids is 1. The summed E-state index contributed by atoms with van der Waals surface area (Å²) in [5.74, 6) is -1.70. The number of aromatic nitrogens is 4. The van der Waals surface area contributed by atoms with Crippen LogP contribution >= 0.6 is 27.7 Å². The molecular formula is C9H6BrFN4O2S. The SMILES string of the molecule is O=C(O)CSc1nnnn1-c1ccc(Br)cc1F. The maximum atomic E-state index is 13.7. The lowest BCUT2D eigenvalue weighted by Gasteiger charge is -2.04. The van der Waals surface area contributed by atoms with E-state index in [9.17, 15) is 9.18 Å². The molecule has 0 unspecified atom stereocenters. The van der Waals surface area contributed by atoms with Crippen molar-refractivity contribution in [1.82, 2.24) is 20.2 Å². The Morgan fingerprint density at radius 2 is 2.33 bits per heavy atom. The molecule has 1 heterocycles. The van der Waals surface area contributed by atoms with Crippen LogP contribution < -0.4 is 0 Å². The van der Waals surface area contributed by atoms with E-state index in [4.69, 9.17) is 5.11 Å². The number of thioether (sulfide) groups is 1. The molecule has 0 saturated carbocycles. The number of tetrazole rings is 1. The van der Waals surface area contributed by atoms with E-state index in [2.05, 4.69) is 31.5 Å². The van der Waals surface area contributed by atoms with Gasteiger partial charge in [0.25, 0.3) is 0 Å². The van der Waals surface area contributed by atoms with Crippen LogP contribution in [0.2, 0.25) is 0 Å². The summed E-state index contributed by atoms with van der Waals surface area (Å²) in [6, 6.07) is 4.43. The van der Waals surface area contributed by atoms with E-state index in [1.54, 1.807) is 6.07 Å². The van der Waals surface area contributed by atoms with Crippen LogP contribution in [0.4, 0.5) is 4.39 Å². The molecule has 1 aromatic heterocycles. The lowest BCUT2D eigenvalue weighted by Crippen LogP contribution is -2.04.